The Morgan fingerprint density at radius 3 is 2.07 bits per heavy atom. The van der Waals surface area contributed by atoms with Crippen molar-refractivity contribution in [1.29, 1.82) is 0 Å². The van der Waals surface area contributed by atoms with Gasteiger partial charge in [-0.15, -0.1) is 5.10 Å². The van der Waals surface area contributed by atoms with Gasteiger partial charge in [-0.2, -0.15) is 0 Å². The van der Waals surface area contributed by atoms with E-state index in [0.717, 1.165) is 25.0 Å². The number of ether oxygens (including phenoxy) is 8. The van der Waals surface area contributed by atoms with E-state index >= 15 is 0 Å². The van der Waals surface area contributed by atoms with Crippen LogP contribution in [0.1, 0.15) is 70.7 Å². The molecule has 0 spiro atoms. The summed E-state index contributed by atoms with van der Waals surface area (Å²) in [5.41, 5.74) is 0.564. The molecule has 3 amide bonds. The van der Waals surface area contributed by atoms with Gasteiger partial charge in [0.05, 0.1) is 127 Å². The van der Waals surface area contributed by atoms with Crippen molar-refractivity contribution in [3.8, 4) is 11.5 Å². The van der Waals surface area contributed by atoms with Crippen LogP contribution in [0.15, 0.2) is 18.3 Å². The topological polar surface area (TPSA) is 308 Å². The summed E-state index contributed by atoms with van der Waals surface area (Å²) in [6.45, 7) is 11.3. The van der Waals surface area contributed by atoms with Gasteiger partial charge in [-0.3, -0.25) is 19.7 Å². The first-order valence-electron chi connectivity index (χ1n) is 22.7. The maximum Gasteiger partial charge on any atom is 0.407 e. The van der Waals surface area contributed by atoms with Gasteiger partial charge >= 0.3 is 6.09 Å². The quantitative estimate of drug-likeness (QED) is 0.0276. The van der Waals surface area contributed by atoms with Crippen molar-refractivity contribution in [3.63, 3.8) is 0 Å². The molecule has 1 aromatic heterocycles. The molecule has 1 heterocycles. The molecule has 24 nitrogen and oxygen atoms in total. The molecule has 2 rings (SSSR count). The van der Waals surface area contributed by atoms with E-state index in [9.17, 15) is 39.8 Å². The summed E-state index contributed by atoms with van der Waals surface area (Å²) in [7, 11) is 1.35. The standard InChI is InChI=1S/C43H74N8O16/c1-31(2)42(56)46-11-7-6-9-34-28-50(49-48-34)13-16-62-18-20-63-19-17-61-15-12-45-41(55)10-8-14-66-40-24-38(51(58)59)37(23-39(40)60-5)33(4)67-43(57)47-27-36(54)30-65-22-21-64-29-35(53)26-44-25-32(3)52/h23-24,28,31-33,35-36,44,52-54H,6-22,25-27,29-30H2,1-5H3,(H,45,55)(H,46,56)(H,47,57). The molecule has 0 aliphatic heterocycles. The summed E-state index contributed by atoms with van der Waals surface area (Å²) in [6.07, 6.45) is 0.532. The largest absolute Gasteiger partial charge is 0.493 e. The molecule has 67 heavy (non-hydrogen) atoms. The predicted octanol–water partition coefficient (Wildman–Crippen LogP) is 0.828. The van der Waals surface area contributed by atoms with Gasteiger partial charge in [-0.25, -0.2) is 9.48 Å². The zero-order chi connectivity index (χ0) is 49.2. The Kier molecular flexibility index (Phi) is 30.8. The maximum absolute atomic E-state index is 12.5. The lowest BCUT2D eigenvalue weighted by Crippen LogP contribution is -2.36. The highest BCUT2D eigenvalue weighted by molar-refractivity contribution is 5.77. The molecule has 0 aliphatic carbocycles. The molecule has 0 radical (unpaired) electrons. The van der Waals surface area contributed by atoms with Gasteiger partial charge in [0.1, 0.15) is 6.10 Å². The van der Waals surface area contributed by atoms with Crippen molar-refractivity contribution in [3.05, 3.63) is 39.7 Å². The Bertz CT molecular complexity index is 1690. The molecule has 0 fully saturated rings. The molecule has 24 heteroatoms. The van der Waals surface area contributed by atoms with E-state index < -0.39 is 35.4 Å². The second kappa shape index (κ2) is 35.4. The fourth-order valence-corrected chi connectivity index (χ4v) is 5.80. The number of hydrogen-bond donors (Lipinski definition) is 7. The molecular weight excluding hydrogens is 885 g/mol. The van der Waals surface area contributed by atoms with E-state index in [0.29, 0.717) is 72.2 Å². The zero-order valence-corrected chi connectivity index (χ0v) is 39.6. The van der Waals surface area contributed by atoms with Crippen LogP contribution in [0.4, 0.5) is 10.5 Å². The number of nitro benzene ring substituents is 1. The second-order valence-corrected chi connectivity index (χ2v) is 15.7. The van der Waals surface area contributed by atoms with Crippen LogP contribution in [0.5, 0.6) is 11.5 Å². The number of carbonyl (C=O) groups excluding carboxylic acids is 3. The number of nitrogens with one attached hydrogen (secondary N) is 4. The number of amides is 3. The summed E-state index contributed by atoms with van der Waals surface area (Å²) in [5.74, 6) is 0.0532. The minimum Gasteiger partial charge on any atom is -0.493 e. The first-order chi connectivity index (χ1) is 32.2. The Hall–Kier alpha value is -4.79. The zero-order valence-electron chi connectivity index (χ0n) is 39.6. The van der Waals surface area contributed by atoms with Crippen LogP contribution < -0.4 is 30.7 Å². The van der Waals surface area contributed by atoms with E-state index in [1.165, 1.54) is 26.2 Å². The summed E-state index contributed by atoms with van der Waals surface area (Å²) < 4.78 is 45.5. The molecule has 2 aromatic rings. The lowest BCUT2D eigenvalue weighted by Gasteiger charge is -2.18. The fraction of sp³-hybridized carbons (Fsp3) is 0.744. The van der Waals surface area contributed by atoms with Gasteiger partial charge in [0.25, 0.3) is 5.69 Å². The number of nitro groups is 1. The summed E-state index contributed by atoms with van der Waals surface area (Å²) in [5, 5.41) is 60.5. The molecule has 1 aromatic carbocycles. The molecule has 0 bridgehead atoms. The van der Waals surface area contributed by atoms with Crippen LogP contribution in [0.3, 0.4) is 0 Å². The van der Waals surface area contributed by atoms with Gasteiger partial charge in [-0.1, -0.05) is 19.1 Å². The number of hydrogen-bond acceptors (Lipinski definition) is 19. The Morgan fingerprint density at radius 1 is 0.761 bits per heavy atom. The third-order valence-electron chi connectivity index (χ3n) is 9.38. The summed E-state index contributed by atoms with van der Waals surface area (Å²) in [6, 6.07) is 2.51. The number of nitrogens with zero attached hydrogens (tertiary/aromatic N) is 4. The number of methoxy groups -OCH3 is 1. The van der Waals surface area contributed by atoms with Crippen molar-refractivity contribution < 1.29 is 72.5 Å². The fourth-order valence-electron chi connectivity index (χ4n) is 5.80. The van der Waals surface area contributed by atoms with E-state index in [4.69, 9.17) is 37.9 Å². The first kappa shape index (κ1) is 58.3. The molecule has 4 atom stereocenters. The molecule has 7 N–H and O–H groups in total. The average Bonchev–Trinajstić information content (AvgIpc) is 3.75. The van der Waals surface area contributed by atoms with E-state index in [2.05, 4.69) is 31.6 Å². The predicted molar refractivity (Wildman–Crippen MR) is 242 cm³/mol. The Morgan fingerprint density at radius 2 is 1.42 bits per heavy atom. The van der Waals surface area contributed by atoms with Gasteiger partial charge in [0, 0.05) is 51.3 Å². The lowest BCUT2D eigenvalue weighted by atomic mass is 10.1. The van der Waals surface area contributed by atoms with Crippen LogP contribution >= 0.6 is 0 Å². The van der Waals surface area contributed by atoms with Crippen molar-refractivity contribution in [1.82, 2.24) is 36.3 Å². The van der Waals surface area contributed by atoms with Crippen LogP contribution in [-0.2, 0) is 51.0 Å². The second-order valence-electron chi connectivity index (χ2n) is 15.7. The van der Waals surface area contributed by atoms with Crippen LogP contribution in [0, 0.1) is 16.0 Å². The number of unbranched alkanes of at least 4 members (excludes halogenated alkanes) is 1. The molecule has 382 valence electrons. The Labute approximate surface area is 392 Å². The maximum atomic E-state index is 12.5. The molecule has 0 saturated carbocycles. The number of benzene rings is 1. The number of aliphatic hydroxyl groups excluding tert-OH is 3. The highest BCUT2D eigenvalue weighted by Crippen LogP contribution is 2.38. The van der Waals surface area contributed by atoms with Crippen LogP contribution in [0.2, 0.25) is 0 Å². The number of aryl methyl sites for hydroxylation is 1. The van der Waals surface area contributed by atoms with Gasteiger partial charge in [0.15, 0.2) is 11.5 Å². The third kappa shape index (κ3) is 27.6. The number of aliphatic hydroxyl groups is 3. The van der Waals surface area contributed by atoms with Gasteiger partial charge in [-0.05, 0) is 45.6 Å². The lowest BCUT2D eigenvalue weighted by molar-refractivity contribution is -0.386. The van der Waals surface area contributed by atoms with Crippen molar-refractivity contribution in [2.75, 3.05) is 113 Å². The molecular formula is C43H74N8O16. The van der Waals surface area contributed by atoms with Crippen LogP contribution in [0.25, 0.3) is 0 Å². The minimum absolute atomic E-state index is 0.0131. The first-order valence-corrected chi connectivity index (χ1v) is 22.7. The molecule has 0 saturated heterocycles. The normalized spacial score (nSPS) is 13.1. The number of rotatable bonds is 40. The highest BCUT2D eigenvalue weighted by atomic mass is 16.6. The van der Waals surface area contributed by atoms with Crippen molar-refractivity contribution in [2.45, 2.75) is 90.8 Å². The van der Waals surface area contributed by atoms with E-state index in [1.54, 1.807) is 11.6 Å². The Balaban J connectivity index is 1.54. The van der Waals surface area contributed by atoms with Crippen LogP contribution in [-0.4, -0.2) is 184 Å². The highest BCUT2D eigenvalue weighted by Gasteiger charge is 2.26. The smallest absolute Gasteiger partial charge is 0.407 e. The monoisotopic (exact) mass is 959 g/mol. The van der Waals surface area contributed by atoms with E-state index in [-0.39, 0.29) is 93.0 Å². The average molecular weight is 959 g/mol. The van der Waals surface area contributed by atoms with Gasteiger partial charge < -0.3 is 74.5 Å². The van der Waals surface area contributed by atoms with Crippen molar-refractivity contribution in [2.24, 2.45) is 5.92 Å². The molecule has 0 aliphatic rings. The van der Waals surface area contributed by atoms with Gasteiger partial charge in [0.2, 0.25) is 11.8 Å². The van der Waals surface area contributed by atoms with Crippen molar-refractivity contribution >= 4 is 23.6 Å². The number of carbonyl (C=O) groups is 3. The minimum atomic E-state index is -1.09. The van der Waals surface area contributed by atoms with E-state index in [1.807, 2.05) is 20.0 Å². The summed E-state index contributed by atoms with van der Waals surface area (Å²) in [4.78, 5) is 47.8. The number of aromatic nitrogens is 3. The number of alkyl carbamates (subject to hydrolysis) is 1. The SMILES string of the molecule is COc1cc(C(C)OC(=O)NCC(O)COCCOCC(O)CNCC(C)O)c([N+](=O)[O-])cc1OCCCC(=O)NCCOCCOCCOCCn1cc(CCCCNC(=O)C(C)C)nn1. The third-order valence-corrected chi connectivity index (χ3v) is 9.38. The summed E-state index contributed by atoms with van der Waals surface area (Å²) >= 11 is 0. The molecule has 4 unspecified atom stereocenters.